The molecule has 2 unspecified atom stereocenters. The SMILES string of the molecule is CC(CC(=O)N1CCCC1CN)c1ccccc1. The highest BCUT2D eigenvalue weighted by atomic mass is 16.2. The Morgan fingerprint density at radius 1 is 1.44 bits per heavy atom. The van der Waals surface area contributed by atoms with Crippen LogP contribution in [0.15, 0.2) is 30.3 Å². The second kappa shape index (κ2) is 6.01. The molecular formula is C15H22N2O. The molecule has 1 saturated heterocycles. The van der Waals surface area contributed by atoms with Gasteiger partial charge < -0.3 is 10.6 Å². The quantitative estimate of drug-likeness (QED) is 0.884. The Morgan fingerprint density at radius 3 is 2.83 bits per heavy atom. The first kappa shape index (κ1) is 13.1. The molecule has 2 atom stereocenters. The van der Waals surface area contributed by atoms with Crippen molar-refractivity contribution in [2.24, 2.45) is 5.73 Å². The maximum atomic E-state index is 12.3. The fourth-order valence-electron chi connectivity index (χ4n) is 2.69. The number of likely N-dealkylation sites (tertiary alicyclic amines) is 1. The summed E-state index contributed by atoms with van der Waals surface area (Å²) in [5.74, 6) is 0.525. The van der Waals surface area contributed by atoms with Crippen molar-refractivity contribution in [2.75, 3.05) is 13.1 Å². The molecule has 98 valence electrons. The van der Waals surface area contributed by atoms with Gasteiger partial charge in [0.1, 0.15) is 0 Å². The van der Waals surface area contributed by atoms with Gasteiger partial charge in [-0.3, -0.25) is 4.79 Å². The van der Waals surface area contributed by atoms with Crippen molar-refractivity contribution in [1.29, 1.82) is 0 Å². The van der Waals surface area contributed by atoms with Gasteiger partial charge in [-0.25, -0.2) is 0 Å². The number of hydrogen-bond acceptors (Lipinski definition) is 2. The van der Waals surface area contributed by atoms with Crippen molar-refractivity contribution in [3.05, 3.63) is 35.9 Å². The van der Waals surface area contributed by atoms with Gasteiger partial charge in [0.15, 0.2) is 0 Å². The molecule has 1 aliphatic rings. The summed E-state index contributed by atoms with van der Waals surface area (Å²) in [7, 11) is 0. The molecule has 0 aliphatic carbocycles. The summed E-state index contributed by atoms with van der Waals surface area (Å²) in [6.07, 6.45) is 2.73. The second-order valence-electron chi connectivity index (χ2n) is 5.13. The van der Waals surface area contributed by atoms with Gasteiger partial charge in [0.2, 0.25) is 5.91 Å². The minimum absolute atomic E-state index is 0.249. The lowest BCUT2D eigenvalue weighted by Gasteiger charge is -2.25. The third-order valence-electron chi connectivity index (χ3n) is 3.82. The van der Waals surface area contributed by atoms with Crippen molar-refractivity contribution in [1.82, 2.24) is 4.90 Å². The summed E-state index contributed by atoms with van der Waals surface area (Å²) in [6.45, 7) is 3.58. The van der Waals surface area contributed by atoms with E-state index >= 15 is 0 Å². The maximum Gasteiger partial charge on any atom is 0.223 e. The highest BCUT2D eigenvalue weighted by molar-refractivity contribution is 5.77. The minimum Gasteiger partial charge on any atom is -0.338 e. The molecule has 0 aromatic heterocycles. The summed E-state index contributed by atoms with van der Waals surface area (Å²) in [5.41, 5.74) is 6.94. The van der Waals surface area contributed by atoms with Crippen LogP contribution in [0.1, 0.15) is 37.7 Å². The van der Waals surface area contributed by atoms with Gasteiger partial charge in [0.25, 0.3) is 0 Å². The van der Waals surface area contributed by atoms with Crippen LogP contribution in [0.4, 0.5) is 0 Å². The Bertz CT molecular complexity index is 391. The number of hydrogen-bond donors (Lipinski definition) is 1. The van der Waals surface area contributed by atoms with Crippen LogP contribution in [0.2, 0.25) is 0 Å². The summed E-state index contributed by atoms with van der Waals surface area (Å²) in [4.78, 5) is 14.2. The zero-order chi connectivity index (χ0) is 13.0. The lowest BCUT2D eigenvalue weighted by atomic mass is 9.97. The van der Waals surface area contributed by atoms with Crippen LogP contribution in [-0.2, 0) is 4.79 Å². The molecule has 1 aliphatic heterocycles. The summed E-state index contributed by atoms with van der Waals surface area (Å²) in [5, 5.41) is 0. The predicted octanol–water partition coefficient (Wildman–Crippen LogP) is 2.13. The lowest BCUT2D eigenvalue weighted by molar-refractivity contribution is -0.132. The minimum atomic E-state index is 0.249. The first-order chi connectivity index (χ1) is 8.72. The number of amides is 1. The third-order valence-corrected chi connectivity index (χ3v) is 3.82. The molecule has 2 N–H and O–H groups in total. The zero-order valence-electron chi connectivity index (χ0n) is 11.0. The average Bonchev–Trinajstić information content (AvgIpc) is 2.88. The number of rotatable bonds is 4. The summed E-state index contributed by atoms with van der Waals surface area (Å²) in [6, 6.07) is 10.5. The molecule has 3 heteroatoms. The third kappa shape index (κ3) is 2.91. The fourth-order valence-corrected chi connectivity index (χ4v) is 2.69. The van der Waals surface area contributed by atoms with Crippen molar-refractivity contribution >= 4 is 5.91 Å². The summed E-state index contributed by atoms with van der Waals surface area (Å²) < 4.78 is 0. The van der Waals surface area contributed by atoms with Gasteiger partial charge in [0.05, 0.1) is 0 Å². The van der Waals surface area contributed by atoms with E-state index in [1.165, 1.54) is 5.56 Å². The van der Waals surface area contributed by atoms with Gasteiger partial charge in [0, 0.05) is 25.6 Å². The van der Waals surface area contributed by atoms with E-state index in [-0.39, 0.29) is 17.9 Å². The largest absolute Gasteiger partial charge is 0.338 e. The van der Waals surface area contributed by atoms with E-state index in [9.17, 15) is 4.79 Å². The van der Waals surface area contributed by atoms with Crippen LogP contribution in [-0.4, -0.2) is 29.9 Å². The molecule has 3 nitrogen and oxygen atoms in total. The fraction of sp³-hybridized carbons (Fsp3) is 0.533. The number of carbonyl (C=O) groups is 1. The monoisotopic (exact) mass is 246 g/mol. The highest BCUT2D eigenvalue weighted by Gasteiger charge is 2.28. The molecular weight excluding hydrogens is 224 g/mol. The Hall–Kier alpha value is -1.35. The molecule has 1 amide bonds. The van der Waals surface area contributed by atoms with E-state index in [1.54, 1.807) is 0 Å². The number of carbonyl (C=O) groups excluding carboxylic acids is 1. The Balaban J connectivity index is 1.95. The first-order valence-corrected chi connectivity index (χ1v) is 6.77. The van der Waals surface area contributed by atoms with E-state index in [0.29, 0.717) is 13.0 Å². The van der Waals surface area contributed by atoms with Crippen LogP contribution in [0, 0.1) is 0 Å². The van der Waals surface area contributed by atoms with Crippen molar-refractivity contribution < 1.29 is 4.79 Å². The second-order valence-corrected chi connectivity index (χ2v) is 5.13. The first-order valence-electron chi connectivity index (χ1n) is 6.77. The molecule has 1 fully saturated rings. The van der Waals surface area contributed by atoms with Crippen LogP contribution in [0.25, 0.3) is 0 Å². The molecule has 0 radical (unpaired) electrons. The van der Waals surface area contributed by atoms with E-state index < -0.39 is 0 Å². The van der Waals surface area contributed by atoms with E-state index in [2.05, 4.69) is 19.1 Å². The normalized spacial score (nSPS) is 21.0. The number of nitrogens with zero attached hydrogens (tertiary/aromatic N) is 1. The molecule has 1 aromatic carbocycles. The molecule has 0 saturated carbocycles. The predicted molar refractivity (Wildman–Crippen MR) is 73.3 cm³/mol. The molecule has 18 heavy (non-hydrogen) atoms. The van der Waals surface area contributed by atoms with Gasteiger partial charge in [-0.15, -0.1) is 0 Å². The molecule has 0 bridgehead atoms. The number of nitrogens with two attached hydrogens (primary N) is 1. The van der Waals surface area contributed by atoms with E-state index in [0.717, 1.165) is 19.4 Å². The summed E-state index contributed by atoms with van der Waals surface area (Å²) >= 11 is 0. The zero-order valence-corrected chi connectivity index (χ0v) is 11.0. The lowest BCUT2D eigenvalue weighted by Crippen LogP contribution is -2.40. The topological polar surface area (TPSA) is 46.3 Å². The smallest absolute Gasteiger partial charge is 0.223 e. The average molecular weight is 246 g/mol. The van der Waals surface area contributed by atoms with E-state index in [4.69, 9.17) is 5.73 Å². The van der Waals surface area contributed by atoms with Gasteiger partial charge in [-0.2, -0.15) is 0 Å². The van der Waals surface area contributed by atoms with Gasteiger partial charge >= 0.3 is 0 Å². The van der Waals surface area contributed by atoms with E-state index in [1.807, 2.05) is 23.1 Å². The number of benzene rings is 1. The Morgan fingerprint density at radius 2 is 2.17 bits per heavy atom. The van der Waals surface area contributed by atoms with Gasteiger partial charge in [-0.1, -0.05) is 37.3 Å². The Labute approximate surface area is 109 Å². The molecule has 1 aromatic rings. The van der Waals surface area contributed by atoms with Crippen molar-refractivity contribution in [3.8, 4) is 0 Å². The van der Waals surface area contributed by atoms with Crippen LogP contribution in [0.3, 0.4) is 0 Å². The van der Waals surface area contributed by atoms with Gasteiger partial charge in [-0.05, 0) is 24.3 Å². The van der Waals surface area contributed by atoms with Crippen LogP contribution >= 0.6 is 0 Å². The Kier molecular flexibility index (Phi) is 4.37. The highest BCUT2D eigenvalue weighted by Crippen LogP contribution is 2.23. The maximum absolute atomic E-state index is 12.3. The van der Waals surface area contributed by atoms with Crippen molar-refractivity contribution in [3.63, 3.8) is 0 Å². The van der Waals surface area contributed by atoms with Crippen LogP contribution in [0.5, 0.6) is 0 Å². The molecule has 2 rings (SSSR count). The standard InChI is InChI=1S/C15H22N2O/c1-12(13-6-3-2-4-7-13)10-15(18)17-9-5-8-14(17)11-16/h2-4,6-7,12,14H,5,8-11,16H2,1H3. The van der Waals surface area contributed by atoms with Crippen LogP contribution < -0.4 is 5.73 Å². The van der Waals surface area contributed by atoms with Crippen molar-refractivity contribution in [2.45, 2.75) is 38.1 Å². The molecule has 0 spiro atoms. The molecule has 1 heterocycles.